The van der Waals surface area contributed by atoms with E-state index in [1.807, 2.05) is 6.92 Å². The fraction of sp³-hybridized carbons (Fsp3) is 0.800. The molecule has 0 saturated carbocycles. The van der Waals surface area contributed by atoms with Crippen LogP contribution < -0.4 is 0 Å². The lowest BCUT2D eigenvalue weighted by Crippen LogP contribution is -2.36. The number of hydrogen-bond acceptors (Lipinski definition) is 2. The predicted octanol–water partition coefficient (Wildman–Crippen LogP) is 1.65. The Morgan fingerprint density at radius 3 is 2.43 bits per heavy atom. The Morgan fingerprint density at radius 2 is 2.07 bits per heavy atom. The largest absolute Gasteiger partial charge is 0.282 e. The van der Waals surface area contributed by atoms with Gasteiger partial charge in [0.2, 0.25) is 11.8 Å². The highest BCUT2D eigenvalue weighted by Crippen LogP contribution is 2.31. The van der Waals surface area contributed by atoms with Gasteiger partial charge in [0, 0.05) is 18.8 Å². The third kappa shape index (κ3) is 2.08. The Balaban J connectivity index is 2.71. The summed E-state index contributed by atoms with van der Waals surface area (Å²) in [5, 5.41) is 0. The molecule has 2 amide bonds. The average Bonchev–Trinajstić information content (AvgIpc) is 2.28. The van der Waals surface area contributed by atoms with Gasteiger partial charge in [-0.3, -0.25) is 14.5 Å². The molecule has 0 N–H and O–H groups in total. The number of nitrogens with zero attached hydrogens (tertiary/aromatic N) is 1. The van der Waals surface area contributed by atoms with Crippen LogP contribution in [0.2, 0.25) is 0 Å². The molecule has 0 bridgehead atoms. The van der Waals surface area contributed by atoms with Gasteiger partial charge >= 0.3 is 0 Å². The summed E-state index contributed by atoms with van der Waals surface area (Å²) in [4.78, 5) is 24.6. The van der Waals surface area contributed by atoms with Gasteiger partial charge in [-0.2, -0.15) is 0 Å². The van der Waals surface area contributed by atoms with E-state index in [9.17, 15) is 9.59 Å². The Labute approximate surface area is 89.4 Å². The number of amides is 2. The van der Waals surface area contributed by atoms with Gasteiger partial charge in [-0.25, -0.2) is 0 Å². The number of hydrogen-bond donors (Lipinski definition) is 0. The molecule has 3 nitrogen and oxygen atoms in total. The Kier molecular flexibility index (Phi) is 3.20. The molecule has 0 radical (unpaired) electrons. The lowest BCUT2D eigenvalue weighted by Gasteiger charge is -2.20. The van der Waals surface area contributed by atoms with E-state index in [0.717, 1.165) is 0 Å². The van der Waals surface area contributed by atoms with Crippen LogP contribution in [0.4, 0.5) is 0 Å². The smallest absolute Gasteiger partial charge is 0.235 e. The first-order valence-corrected chi connectivity index (χ1v) is 5.32. The molecule has 14 heavy (non-hydrogen) atoms. The topological polar surface area (TPSA) is 37.4 Å². The summed E-state index contributed by atoms with van der Waals surface area (Å²) in [6.45, 7) is 5.99. The van der Waals surface area contributed by atoms with Gasteiger partial charge in [0.15, 0.2) is 0 Å². The second-order valence-electron chi connectivity index (χ2n) is 4.63. The third-order valence-electron chi connectivity index (χ3n) is 2.48. The van der Waals surface area contributed by atoms with Crippen LogP contribution in [0.1, 0.15) is 27.2 Å². The maximum atomic E-state index is 11.8. The minimum Gasteiger partial charge on any atom is -0.282 e. The lowest BCUT2D eigenvalue weighted by molar-refractivity contribution is -0.141. The van der Waals surface area contributed by atoms with Crippen molar-refractivity contribution in [3.8, 4) is 0 Å². The molecular weight excluding hydrogens is 202 g/mol. The van der Waals surface area contributed by atoms with E-state index in [1.165, 1.54) is 4.90 Å². The molecule has 4 heteroatoms. The standard InChI is InChI=1S/C10H16ClNO2/c1-7(5-11)6-12-8(13)4-10(2,3)9(12)14/h7H,4-6H2,1-3H3. The van der Waals surface area contributed by atoms with Gasteiger partial charge in [-0.15, -0.1) is 11.6 Å². The summed E-state index contributed by atoms with van der Waals surface area (Å²) in [6, 6.07) is 0. The van der Waals surface area contributed by atoms with Crippen molar-refractivity contribution in [1.29, 1.82) is 0 Å². The quantitative estimate of drug-likeness (QED) is 0.533. The van der Waals surface area contributed by atoms with Crippen LogP contribution in [0.5, 0.6) is 0 Å². The molecule has 1 aliphatic rings. The molecule has 0 aromatic rings. The zero-order valence-electron chi connectivity index (χ0n) is 8.84. The van der Waals surface area contributed by atoms with Crippen LogP contribution >= 0.6 is 11.6 Å². The van der Waals surface area contributed by atoms with Crippen molar-refractivity contribution in [1.82, 2.24) is 4.90 Å². The van der Waals surface area contributed by atoms with E-state index < -0.39 is 5.41 Å². The van der Waals surface area contributed by atoms with Crippen molar-refractivity contribution in [3.05, 3.63) is 0 Å². The first-order chi connectivity index (χ1) is 6.38. The van der Waals surface area contributed by atoms with Crippen molar-refractivity contribution < 1.29 is 9.59 Å². The van der Waals surface area contributed by atoms with Crippen LogP contribution in [0.15, 0.2) is 0 Å². The molecule has 1 heterocycles. The third-order valence-corrected chi connectivity index (χ3v) is 3.00. The molecule has 0 aromatic carbocycles. The summed E-state index contributed by atoms with van der Waals surface area (Å²) in [6.07, 6.45) is 0.320. The minimum absolute atomic E-state index is 0.0699. The number of likely N-dealkylation sites (tertiary alicyclic amines) is 1. The number of imide groups is 1. The van der Waals surface area contributed by atoms with Crippen molar-refractivity contribution >= 4 is 23.4 Å². The maximum absolute atomic E-state index is 11.8. The van der Waals surface area contributed by atoms with E-state index in [-0.39, 0.29) is 17.7 Å². The zero-order valence-corrected chi connectivity index (χ0v) is 9.60. The first kappa shape index (κ1) is 11.5. The van der Waals surface area contributed by atoms with E-state index in [2.05, 4.69) is 0 Å². The lowest BCUT2D eigenvalue weighted by atomic mass is 9.92. The molecule has 1 aliphatic heterocycles. The highest BCUT2D eigenvalue weighted by molar-refractivity contribution is 6.18. The molecule has 1 rings (SSSR count). The number of carbonyl (C=O) groups excluding carboxylic acids is 2. The van der Waals surface area contributed by atoms with Gasteiger partial charge in [0.25, 0.3) is 0 Å². The second-order valence-corrected chi connectivity index (χ2v) is 4.94. The molecule has 1 atom stereocenters. The van der Waals surface area contributed by atoms with E-state index in [4.69, 9.17) is 11.6 Å². The van der Waals surface area contributed by atoms with Crippen molar-refractivity contribution in [3.63, 3.8) is 0 Å². The summed E-state index contributed by atoms with van der Waals surface area (Å²) in [5.41, 5.74) is -0.525. The molecule has 1 unspecified atom stereocenters. The molecule has 0 aliphatic carbocycles. The van der Waals surface area contributed by atoms with Crippen molar-refractivity contribution in [2.75, 3.05) is 12.4 Å². The molecule has 0 aromatic heterocycles. The number of halogens is 1. The monoisotopic (exact) mass is 217 g/mol. The Bertz CT molecular complexity index is 263. The zero-order chi connectivity index (χ0) is 10.9. The highest BCUT2D eigenvalue weighted by atomic mass is 35.5. The van der Waals surface area contributed by atoms with Crippen LogP contribution in [-0.2, 0) is 9.59 Å². The molecule has 0 spiro atoms. The number of alkyl halides is 1. The predicted molar refractivity (Wildman–Crippen MR) is 55.0 cm³/mol. The Morgan fingerprint density at radius 1 is 1.50 bits per heavy atom. The first-order valence-electron chi connectivity index (χ1n) is 4.79. The minimum atomic E-state index is -0.525. The van der Waals surface area contributed by atoms with Crippen LogP contribution in [0.3, 0.4) is 0 Å². The van der Waals surface area contributed by atoms with Gasteiger partial charge in [0.05, 0.1) is 5.41 Å². The summed E-state index contributed by atoms with van der Waals surface area (Å²) in [7, 11) is 0. The van der Waals surface area contributed by atoms with E-state index >= 15 is 0 Å². The maximum Gasteiger partial charge on any atom is 0.235 e. The van der Waals surface area contributed by atoms with Gasteiger partial charge < -0.3 is 0 Å². The van der Waals surface area contributed by atoms with Crippen molar-refractivity contribution in [2.24, 2.45) is 11.3 Å². The van der Waals surface area contributed by atoms with Crippen LogP contribution in [0.25, 0.3) is 0 Å². The van der Waals surface area contributed by atoms with Gasteiger partial charge in [0.1, 0.15) is 0 Å². The fourth-order valence-corrected chi connectivity index (χ4v) is 1.67. The van der Waals surface area contributed by atoms with E-state index in [0.29, 0.717) is 18.8 Å². The number of rotatable bonds is 3. The SMILES string of the molecule is CC(CCl)CN1C(=O)CC(C)(C)C1=O. The van der Waals surface area contributed by atoms with Crippen LogP contribution in [-0.4, -0.2) is 29.1 Å². The van der Waals surface area contributed by atoms with Gasteiger partial charge in [-0.05, 0) is 5.92 Å². The molecule has 1 saturated heterocycles. The second kappa shape index (κ2) is 3.89. The normalized spacial score (nSPS) is 23.0. The number of carbonyl (C=O) groups is 2. The fourth-order valence-electron chi connectivity index (χ4n) is 1.57. The van der Waals surface area contributed by atoms with Crippen LogP contribution in [0, 0.1) is 11.3 Å². The average molecular weight is 218 g/mol. The summed E-state index contributed by atoms with van der Waals surface area (Å²) in [5.74, 6) is 0.493. The van der Waals surface area contributed by atoms with Gasteiger partial charge in [-0.1, -0.05) is 20.8 Å². The molecular formula is C10H16ClNO2. The Hall–Kier alpha value is -0.570. The van der Waals surface area contributed by atoms with E-state index in [1.54, 1.807) is 13.8 Å². The summed E-state index contributed by atoms with van der Waals surface area (Å²) >= 11 is 5.65. The summed E-state index contributed by atoms with van der Waals surface area (Å²) < 4.78 is 0. The molecule has 80 valence electrons. The molecule has 1 fully saturated rings. The highest BCUT2D eigenvalue weighted by Gasteiger charge is 2.44. The van der Waals surface area contributed by atoms with Crippen molar-refractivity contribution in [2.45, 2.75) is 27.2 Å².